The molecule has 6 nitrogen and oxygen atoms in total. The number of benzene rings is 1. The molecule has 118 valence electrons. The zero-order chi connectivity index (χ0) is 16.1. The Hall–Kier alpha value is -2.02. The highest BCUT2D eigenvalue weighted by atomic mass is 79.9. The quantitative estimate of drug-likeness (QED) is 0.751. The molecule has 1 heterocycles. The number of carbonyl (C=O) groups is 2. The first kappa shape index (κ1) is 16.4. The van der Waals surface area contributed by atoms with Gasteiger partial charge in [-0.25, -0.2) is 4.79 Å². The van der Waals surface area contributed by atoms with Crippen LogP contribution in [0.1, 0.15) is 23.2 Å². The van der Waals surface area contributed by atoms with Crippen molar-refractivity contribution in [2.24, 2.45) is 0 Å². The van der Waals surface area contributed by atoms with Crippen LogP contribution in [0.3, 0.4) is 0 Å². The molecule has 22 heavy (non-hydrogen) atoms. The molecule has 2 rings (SSSR count). The molecule has 2 N–H and O–H groups in total. The number of nitrogens with one attached hydrogen (secondary N) is 1. The Morgan fingerprint density at radius 2 is 2.14 bits per heavy atom. The van der Waals surface area contributed by atoms with Crippen LogP contribution in [0.5, 0.6) is 11.5 Å². The van der Waals surface area contributed by atoms with Crippen molar-refractivity contribution in [1.29, 1.82) is 0 Å². The van der Waals surface area contributed by atoms with Crippen LogP contribution >= 0.6 is 15.9 Å². The fraction of sp³-hybridized carbons (Fsp3) is 0.333. The van der Waals surface area contributed by atoms with Crippen molar-refractivity contribution < 1.29 is 24.2 Å². The Bertz CT molecular complexity index is 602. The molecule has 0 saturated carbocycles. The number of halogens is 1. The molecular formula is C15H16BrNO5. The molecule has 1 amide bonds. The van der Waals surface area contributed by atoms with E-state index in [1.807, 2.05) is 0 Å². The molecule has 0 aromatic heterocycles. The Morgan fingerprint density at radius 1 is 1.41 bits per heavy atom. The molecule has 7 heteroatoms. The average Bonchev–Trinajstić information content (AvgIpc) is 2.50. The van der Waals surface area contributed by atoms with Crippen molar-refractivity contribution in [1.82, 2.24) is 5.32 Å². The van der Waals surface area contributed by atoms with Gasteiger partial charge in [0.05, 0.1) is 4.47 Å². The third kappa shape index (κ3) is 3.79. The van der Waals surface area contributed by atoms with Crippen LogP contribution in [0.15, 0.2) is 29.3 Å². The van der Waals surface area contributed by atoms with Crippen LogP contribution in [0.2, 0.25) is 0 Å². The summed E-state index contributed by atoms with van der Waals surface area (Å²) in [6.07, 6.45) is 2.40. The van der Waals surface area contributed by atoms with Crippen molar-refractivity contribution in [3.63, 3.8) is 0 Å². The van der Waals surface area contributed by atoms with E-state index in [9.17, 15) is 9.59 Å². The third-order valence-electron chi connectivity index (χ3n) is 3.12. The van der Waals surface area contributed by atoms with E-state index in [4.69, 9.17) is 14.6 Å². The largest absolute Gasteiger partial charge is 0.486 e. The van der Waals surface area contributed by atoms with Gasteiger partial charge >= 0.3 is 5.97 Å². The SMILES string of the molecule is C=CCCC(NC(=O)c1cc(Br)c2c(c1)OCCO2)C(=O)O. The molecule has 1 atom stereocenters. The molecule has 1 aromatic carbocycles. The molecule has 0 fully saturated rings. The number of hydrogen-bond donors (Lipinski definition) is 2. The van der Waals surface area contributed by atoms with Crippen molar-refractivity contribution in [3.05, 3.63) is 34.8 Å². The smallest absolute Gasteiger partial charge is 0.326 e. The maximum atomic E-state index is 12.2. The second kappa shape index (κ2) is 7.31. The Labute approximate surface area is 136 Å². The lowest BCUT2D eigenvalue weighted by atomic mass is 10.1. The molecule has 0 spiro atoms. The number of carboxylic acid groups (broad SMARTS) is 1. The first-order valence-electron chi connectivity index (χ1n) is 6.76. The van der Waals surface area contributed by atoms with E-state index in [2.05, 4.69) is 27.8 Å². The van der Waals surface area contributed by atoms with E-state index >= 15 is 0 Å². The van der Waals surface area contributed by atoms with E-state index < -0.39 is 17.9 Å². The molecule has 1 aliphatic heterocycles. The van der Waals surface area contributed by atoms with E-state index in [1.165, 1.54) is 0 Å². The first-order valence-corrected chi connectivity index (χ1v) is 7.56. The minimum atomic E-state index is -1.08. The van der Waals surface area contributed by atoms with Gasteiger partial charge in [0.25, 0.3) is 5.91 Å². The number of fused-ring (bicyclic) bond motifs is 1. The third-order valence-corrected chi connectivity index (χ3v) is 3.71. The minimum absolute atomic E-state index is 0.288. The monoisotopic (exact) mass is 369 g/mol. The normalized spacial score (nSPS) is 14.0. The number of aliphatic carboxylic acids is 1. The van der Waals surface area contributed by atoms with E-state index in [0.29, 0.717) is 41.2 Å². The van der Waals surface area contributed by atoms with Gasteiger partial charge in [-0.15, -0.1) is 6.58 Å². The van der Waals surface area contributed by atoms with Crippen LogP contribution in [0.4, 0.5) is 0 Å². The van der Waals surface area contributed by atoms with Crippen molar-refractivity contribution in [2.75, 3.05) is 13.2 Å². The molecular weight excluding hydrogens is 354 g/mol. The van der Waals surface area contributed by atoms with Crippen molar-refractivity contribution in [2.45, 2.75) is 18.9 Å². The summed E-state index contributed by atoms with van der Waals surface area (Å²) in [5.74, 6) is -0.547. The molecule has 1 unspecified atom stereocenters. The van der Waals surface area contributed by atoms with Gasteiger partial charge in [0, 0.05) is 5.56 Å². The standard InChI is InChI=1S/C15H16BrNO5/c1-2-3-4-11(15(19)20)17-14(18)9-7-10(16)13-12(8-9)21-5-6-22-13/h2,7-8,11H,1,3-6H2,(H,17,18)(H,19,20). The molecule has 1 aliphatic rings. The topological polar surface area (TPSA) is 84.9 Å². The number of carbonyl (C=O) groups excluding carboxylic acids is 1. The van der Waals surface area contributed by atoms with Crippen LogP contribution in [0, 0.1) is 0 Å². The number of rotatable bonds is 6. The maximum absolute atomic E-state index is 12.2. The van der Waals surface area contributed by atoms with Gasteiger partial charge < -0.3 is 19.9 Å². The van der Waals surface area contributed by atoms with E-state index in [0.717, 1.165) is 0 Å². The second-order valence-electron chi connectivity index (χ2n) is 4.71. The highest BCUT2D eigenvalue weighted by Crippen LogP contribution is 2.38. The second-order valence-corrected chi connectivity index (χ2v) is 5.57. The highest BCUT2D eigenvalue weighted by molar-refractivity contribution is 9.10. The highest BCUT2D eigenvalue weighted by Gasteiger charge is 2.23. The van der Waals surface area contributed by atoms with Gasteiger partial charge in [-0.2, -0.15) is 0 Å². The fourth-order valence-corrected chi connectivity index (χ4v) is 2.58. The van der Waals surface area contributed by atoms with Gasteiger partial charge in [-0.05, 0) is 40.9 Å². The summed E-state index contributed by atoms with van der Waals surface area (Å²) < 4.78 is 11.5. The van der Waals surface area contributed by atoms with Crippen LogP contribution in [-0.4, -0.2) is 36.2 Å². The number of hydrogen-bond acceptors (Lipinski definition) is 4. The summed E-state index contributed by atoms with van der Waals surface area (Å²) in [5.41, 5.74) is 0.306. The van der Waals surface area contributed by atoms with Gasteiger partial charge in [-0.3, -0.25) is 4.79 Å². The number of amides is 1. The van der Waals surface area contributed by atoms with Gasteiger partial charge in [0.15, 0.2) is 11.5 Å². The summed E-state index contributed by atoms with van der Waals surface area (Å²) in [5, 5.41) is 11.6. The predicted octanol–water partition coefficient (Wildman–Crippen LogP) is 2.37. The molecule has 0 saturated heterocycles. The number of ether oxygens (including phenoxy) is 2. The summed E-state index contributed by atoms with van der Waals surface area (Å²) in [6, 6.07) is 2.16. The lowest BCUT2D eigenvalue weighted by Crippen LogP contribution is -2.40. The lowest BCUT2D eigenvalue weighted by molar-refractivity contribution is -0.139. The van der Waals surface area contributed by atoms with Crippen LogP contribution < -0.4 is 14.8 Å². The molecule has 0 bridgehead atoms. The molecule has 1 aromatic rings. The summed E-state index contributed by atoms with van der Waals surface area (Å²) in [4.78, 5) is 23.4. The zero-order valence-electron chi connectivity index (χ0n) is 11.8. The van der Waals surface area contributed by atoms with Crippen molar-refractivity contribution >= 4 is 27.8 Å². The summed E-state index contributed by atoms with van der Waals surface area (Å²) in [6.45, 7) is 4.40. The van der Waals surface area contributed by atoms with Gasteiger partial charge in [0.1, 0.15) is 19.3 Å². The number of allylic oxidation sites excluding steroid dienone is 1. The minimum Gasteiger partial charge on any atom is -0.486 e. The zero-order valence-corrected chi connectivity index (χ0v) is 13.4. The van der Waals surface area contributed by atoms with E-state index in [-0.39, 0.29) is 6.42 Å². The Kier molecular flexibility index (Phi) is 5.43. The van der Waals surface area contributed by atoms with Crippen LogP contribution in [-0.2, 0) is 4.79 Å². The van der Waals surface area contributed by atoms with Crippen molar-refractivity contribution in [3.8, 4) is 11.5 Å². The Morgan fingerprint density at radius 3 is 2.82 bits per heavy atom. The maximum Gasteiger partial charge on any atom is 0.326 e. The van der Waals surface area contributed by atoms with Gasteiger partial charge in [-0.1, -0.05) is 6.08 Å². The summed E-state index contributed by atoms with van der Waals surface area (Å²) >= 11 is 3.32. The summed E-state index contributed by atoms with van der Waals surface area (Å²) in [7, 11) is 0. The molecule has 0 radical (unpaired) electrons. The Balaban J connectivity index is 2.16. The lowest BCUT2D eigenvalue weighted by Gasteiger charge is -2.21. The van der Waals surface area contributed by atoms with Crippen LogP contribution in [0.25, 0.3) is 0 Å². The van der Waals surface area contributed by atoms with Gasteiger partial charge in [0.2, 0.25) is 0 Å². The van der Waals surface area contributed by atoms with E-state index in [1.54, 1.807) is 18.2 Å². The average molecular weight is 370 g/mol. The molecule has 0 aliphatic carbocycles. The fourth-order valence-electron chi connectivity index (χ4n) is 2.03. The first-order chi connectivity index (χ1) is 10.5. The number of carboxylic acids is 1. The predicted molar refractivity (Wildman–Crippen MR) is 83.5 cm³/mol.